The molecular formula is C14H18N2O2. The Labute approximate surface area is 107 Å². The molecule has 1 aromatic heterocycles. The number of hydrogen-bond donors (Lipinski definition) is 1. The number of aromatic nitrogens is 2. The first-order valence-corrected chi connectivity index (χ1v) is 6.00. The molecule has 4 heteroatoms. The molecule has 0 aliphatic heterocycles. The fourth-order valence-electron chi connectivity index (χ4n) is 2.01. The van der Waals surface area contributed by atoms with Crippen molar-refractivity contribution in [1.82, 2.24) is 9.78 Å². The maximum Gasteiger partial charge on any atom is 0.159 e. The lowest BCUT2D eigenvalue weighted by atomic mass is 10.0. The predicted molar refractivity (Wildman–Crippen MR) is 69.5 cm³/mol. The van der Waals surface area contributed by atoms with Crippen LogP contribution < -0.4 is 4.74 Å². The molecule has 1 atom stereocenters. The number of ether oxygens (including phenoxy) is 1. The standard InChI is InChI=1S/C14H18N2O2/c1-16-12(14(18-2)10-15-16)8-9-13(17)11-6-4-3-5-7-11/h3-7,10,13,17H,8-9H2,1-2H3. The van der Waals surface area contributed by atoms with E-state index in [1.807, 2.05) is 37.4 Å². The summed E-state index contributed by atoms with van der Waals surface area (Å²) in [6.45, 7) is 0. The highest BCUT2D eigenvalue weighted by Gasteiger charge is 2.12. The highest BCUT2D eigenvalue weighted by molar-refractivity contribution is 5.25. The smallest absolute Gasteiger partial charge is 0.159 e. The zero-order valence-corrected chi connectivity index (χ0v) is 10.7. The van der Waals surface area contributed by atoms with Crippen LogP contribution in [0.25, 0.3) is 0 Å². The average molecular weight is 246 g/mol. The third-order valence-corrected chi connectivity index (χ3v) is 3.08. The van der Waals surface area contributed by atoms with E-state index in [9.17, 15) is 5.11 Å². The van der Waals surface area contributed by atoms with E-state index in [0.29, 0.717) is 6.42 Å². The van der Waals surface area contributed by atoms with Gasteiger partial charge in [0, 0.05) is 7.05 Å². The summed E-state index contributed by atoms with van der Waals surface area (Å²) < 4.78 is 7.03. The Morgan fingerprint density at radius 1 is 1.33 bits per heavy atom. The maximum absolute atomic E-state index is 10.1. The first-order valence-electron chi connectivity index (χ1n) is 6.00. The Morgan fingerprint density at radius 3 is 2.72 bits per heavy atom. The third kappa shape index (κ3) is 2.71. The Balaban J connectivity index is 2.01. The molecule has 18 heavy (non-hydrogen) atoms. The topological polar surface area (TPSA) is 47.3 Å². The van der Waals surface area contributed by atoms with Crippen LogP contribution in [0.5, 0.6) is 5.75 Å². The van der Waals surface area contributed by atoms with Gasteiger partial charge in [-0.2, -0.15) is 5.10 Å². The SMILES string of the molecule is COc1cnn(C)c1CCC(O)c1ccccc1. The lowest BCUT2D eigenvalue weighted by Gasteiger charge is -2.11. The third-order valence-electron chi connectivity index (χ3n) is 3.08. The molecule has 0 saturated heterocycles. The van der Waals surface area contributed by atoms with Crippen LogP contribution in [-0.2, 0) is 13.5 Å². The molecule has 1 aromatic carbocycles. The minimum atomic E-state index is -0.453. The maximum atomic E-state index is 10.1. The number of aliphatic hydroxyl groups excluding tert-OH is 1. The highest BCUT2D eigenvalue weighted by Crippen LogP contribution is 2.23. The van der Waals surface area contributed by atoms with Crippen LogP contribution in [0.3, 0.4) is 0 Å². The van der Waals surface area contributed by atoms with Gasteiger partial charge in [-0.05, 0) is 18.4 Å². The van der Waals surface area contributed by atoms with E-state index in [2.05, 4.69) is 5.10 Å². The van der Waals surface area contributed by atoms with Crippen molar-refractivity contribution in [2.24, 2.45) is 7.05 Å². The van der Waals surface area contributed by atoms with E-state index >= 15 is 0 Å². The number of rotatable bonds is 5. The molecule has 0 aliphatic carbocycles. The van der Waals surface area contributed by atoms with Crippen LogP contribution >= 0.6 is 0 Å². The van der Waals surface area contributed by atoms with Gasteiger partial charge in [-0.3, -0.25) is 4.68 Å². The summed E-state index contributed by atoms with van der Waals surface area (Å²) in [6, 6.07) is 9.68. The van der Waals surface area contributed by atoms with Gasteiger partial charge in [-0.1, -0.05) is 30.3 Å². The monoisotopic (exact) mass is 246 g/mol. The summed E-state index contributed by atoms with van der Waals surface area (Å²) in [5.41, 5.74) is 1.95. The quantitative estimate of drug-likeness (QED) is 0.878. The second kappa shape index (κ2) is 5.69. The minimum absolute atomic E-state index is 0.453. The van der Waals surface area contributed by atoms with Crippen LogP contribution in [0.1, 0.15) is 23.8 Å². The van der Waals surface area contributed by atoms with Crippen molar-refractivity contribution < 1.29 is 9.84 Å². The minimum Gasteiger partial charge on any atom is -0.493 e. The van der Waals surface area contributed by atoms with Gasteiger partial charge in [-0.15, -0.1) is 0 Å². The van der Waals surface area contributed by atoms with Crippen LogP contribution in [0.15, 0.2) is 36.5 Å². The fraction of sp³-hybridized carbons (Fsp3) is 0.357. The van der Waals surface area contributed by atoms with E-state index in [-0.39, 0.29) is 0 Å². The summed E-state index contributed by atoms with van der Waals surface area (Å²) >= 11 is 0. The molecule has 1 heterocycles. The summed E-state index contributed by atoms with van der Waals surface area (Å²) in [4.78, 5) is 0. The van der Waals surface area contributed by atoms with Crippen LogP contribution in [0, 0.1) is 0 Å². The van der Waals surface area contributed by atoms with Gasteiger partial charge in [0.2, 0.25) is 0 Å². The van der Waals surface area contributed by atoms with Gasteiger partial charge in [0.1, 0.15) is 0 Å². The summed E-state index contributed by atoms with van der Waals surface area (Å²) in [5.74, 6) is 0.776. The molecule has 2 aromatic rings. The van der Waals surface area contributed by atoms with E-state index < -0.39 is 6.10 Å². The van der Waals surface area contributed by atoms with E-state index in [0.717, 1.165) is 23.4 Å². The second-order valence-electron chi connectivity index (χ2n) is 4.25. The van der Waals surface area contributed by atoms with Crippen LogP contribution in [-0.4, -0.2) is 22.0 Å². The number of methoxy groups -OCH3 is 1. The van der Waals surface area contributed by atoms with Crippen molar-refractivity contribution in [1.29, 1.82) is 0 Å². The van der Waals surface area contributed by atoms with Gasteiger partial charge >= 0.3 is 0 Å². The molecule has 0 saturated carbocycles. The normalized spacial score (nSPS) is 12.4. The molecule has 0 bridgehead atoms. The van der Waals surface area contributed by atoms with Gasteiger partial charge in [-0.25, -0.2) is 0 Å². The number of aliphatic hydroxyl groups is 1. The highest BCUT2D eigenvalue weighted by atomic mass is 16.5. The lowest BCUT2D eigenvalue weighted by Crippen LogP contribution is -2.04. The lowest BCUT2D eigenvalue weighted by molar-refractivity contribution is 0.166. The van der Waals surface area contributed by atoms with Crippen molar-refractivity contribution in [3.63, 3.8) is 0 Å². The van der Waals surface area contributed by atoms with Gasteiger partial charge in [0.15, 0.2) is 5.75 Å². The molecule has 1 unspecified atom stereocenters. The van der Waals surface area contributed by atoms with Crippen LogP contribution in [0.2, 0.25) is 0 Å². The molecule has 96 valence electrons. The molecule has 1 N–H and O–H groups in total. The largest absolute Gasteiger partial charge is 0.493 e. The molecule has 0 spiro atoms. The number of aryl methyl sites for hydroxylation is 1. The van der Waals surface area contributed by atoms with Crippen LogP contribution in [0.4, 0.5) is 0 Å². The van der Waals surface area contributed by atoms with Gasteiger partial charge < -0.3 is 9.84 Å². The van der Waals surface area contributed by atoms with Gasteiger partial charge in [0.05, 0.1) is 25.1 Å². The Kier molecular flexibility index (Phi) is 3.99. The first-order chi connectivity index (χ1) is 8.72. The number of hydrogen-bond acceptors (Lipinski definition) is 3. The fourth-order valence-corrected chi connectivity index (χ4v) is 2.01. The Morgan fingerprint density at radius 2 is 2.06 bits per heavy atom. The average Bonchev–Trinajstić information content (AvgIpc) is 2.77. The molecule has 4 nitrogen and oxygen atoms in total. The first kappa shape index (κ1) is 12.6. The van der Waals surface area contributed by atoms with Crippen molar-refractivity contribution in [2.75, 3.05) is 7.11 Å². The molecule has 0 amide bonds. The van der Waals surface area contributed by atoms with Crippen molar-refractivity contribution in [3.05, 3.63) is 47.8 Å². The number of nitrogens with zero attached hydrogens (tertiary/aromatic N) is 2. The summed E-state index contributed by atoms with van der Waals surface area (Å²) in [5, 5.41) is 14.3. The van der Waals surface area contributed by atoms with Crippen molar-refractivity contribution >= 4 is 0 Å². The van der Waals surface area contributed by atoms with E-state index in [1.54, 1.807) is 18.0 Å². The zero-order valence-electron chi connectivity index (χ0n) is 10.7. The molecule has 0 radical (unpaired) electrons. The van der Waals surface area contributed by atoms with Crippen molar-refractivity contribution in [3.8, 4) is 5.75 Å². The van der Waals surface area contributed by atoms with Crippen molar-refractivity contribution in [2.45, 2.75) is 18.9 Å². The molecule has 2 rings (SSSR count). The Bertz CT molecular complexity index is 494. The second-order valence-corrected chi connectivity index (χ2v) is 4.25. The van der Waals surface area contributed by atoms with E-state index in [1.165, 1.54) is 0 Å². The predicted octanol–water partition coefficient (Wildman–Crippen LogP) is 2.09. The molecule has 0 fully saturated rings. The van der Waals surface area contributed by atoms with E-state index in [4.69, 9.17) is 4.74 Å². The zero-order chi connectivity index (χ0) is 13.0. The van der Waals surface area contributed by atoms with Gasteiger partial charge in [0.25, 0.3) is 0 Å². The summed E-state index contributed by atoms with van der Waals surface area (Å²) in [7, 11) is 3.51. The molecular weight excluding hydrogens is 228 g/mol. The molecule has 0 aliphatic rings. The Hall–Kier alpha value is -1.81. The number of benzene rings is 1. The summed E-state index contributed by atoms with van der Waals surface area (Å²) in [6.07, 6.45) is 2.63.